The molecule has 3 rings (SSSR count). The van der Waals surface area contributed by atoms with Crippen LogP contribution < -0.4 is 14.8 Å². The molecular formula is C21H22N2O3. The first-order valence-corrected chi connectivity index (χ1v) is 8.71. The molecule has 1 aromatic heterocycles. The normalized spacial score (nSPS) is 10.5. The quantitative estimate of drug-likeness (QED) is 0.677. The van der Waals surface area contributed by atoms with E-state index in [1.807, 2.05) is 49.4 Å². The number of nitrogens with one attached hydrogen (secondary N) is 1. The topological polar surface area (TPSA) is 60.5 Å². The van der Waals surface area contributed by atoms with Crippen molar-refractivity contribution in [1.29, 1.82) is 0 Å². The van der Waals surface area contributed by atoms with Crippen LogP contribution in [0.4, 0.5) is 0 Å². The number of benzene rings is 2. The summed E-state index contributed by atoms with van der Waals surface area (Å²) < 4.78 is 10.9. The van der Waals surface area contributed by atoms with Crippen molar-refractivity contribution < 1.29 is 14.3 Å². The highest BCUT2D eigenvalue weighted by Crippen LogP contribution is 2.17. The van der Waals surface area contributed by atoms with E-state index < -0.39 is 0 Å². The van der Waals surface area contributed by atoms with Crippen molar-refractivity contribution in [2.75, 3.05) is 19.8 Å². The van der Waals surface area contributed by atoms with Crippen LogP contribution in [-0.4, -0.2) is 30.6 Å². The van der Waals surface area contributed by atoms with Gasteiger partial charge >= 0.3 is 0 Å². The number of hydrogen-bond acceptors (Lipinski definition) is 4. The van der Waals surface area contributed by atoms with E-state index in [1.54, 1.807) is 18.3 Å². The van der Waals surface area contributed by atoms with Crippen LogP contribution in [0.5, 0.6) is 11.5 Å². The van der Waals surface area contributed by atoms with Gasteiger partial charge in [0.05, 0.1) is 12.1 Å². The van der Waals surface area contributed by atoms with Crippen LogP contribution in [-0.2, 0) is 11.2 Å². The van der Waals surface area contributed by atoms with Gasteiger partial charge in [-0.3, -0.25) is 9.78 Å². The van der Waals surface area contributed by atoms with Crippen LogP contribution in [0.3, 0.4) is 0 Å². The highest BCUT2D eigenvalue weighted by molar-refractivity contribution is 5.81. The van der Waals surface area contributed by atoms with Gasteiger partial charge in [-0.1, -0.05) is 24.3 Å². The Kier molecular flexibility index (Phi) is 6.04. The van der Waals surface area contributed by atoms with Crippen molar-refractivity contribution in [3.05, 3.63) is 66.4 Å². The fraction of sp³-hybridized carbons (Fsp3) is 0.238. The largest absolute Gasteiger partial charge is 0.494 e. The summed E-state index contributed by atoms with van der Waals surface area (Å²) in [5, 5.41) is 3.99. The Labute approximate surface area is 153 Å². The smallest absolute Gasteiger partial charge is 0.257 e. The van der Waals surface area contributed by atoms with E-state index in [4.69, 9.17) is 9.47 Å². The maximum Gasteiger partial charge on any atom is 0.257 e. The molecule has 0 aliphatic rings. The monoisotopic (exact) mass is 350 g/mol. The molecule has 0 aliphatic heterocycles. The summed E-state index contributed by atoms with van der Waals surface area (Å²) >= 11 is 0. The number of fused-ring (bicyclic) bond motifs is 1. The van der Waals surface area contributed by atoms with Gasteiger partial charge in [-0.25, -0.2) is 0 Å². The Balaban J connectivity index is 1.45. The Morgan fingerprint density at radius 2 is 1.73 bits per heavy atom. The molecule has 0 unspecified atom stereocenters. The molecule has 0 fully saturated rings. The van der Waals surface area contributed by atoms with Gasteiger partial charge < -0.3 is 14.8 Å². The zero-order valence-electron chi connectivity index (χ0n) is 14.8. The summed E-state index contributed by atoms with van der Waals surface area (Å²) in [6, 6.07) is 17.3. The number of para-hydroxylation sites is 1. The molecule has 5 heteroatoms. The number of hydrogen-bond donors (Lipinski definition) is 1. The van der Waals surface area contributed by atoms with Gasteiger partial charge in [-0.2, -0.15) is 0 Å². The number of carbonyl (C=O) groups excluding carboxylic acids is 1. The van der Waals surface area contributed by atoms with Gasteiger partial charge in [-0.15, -0.1) is 0 Å². The molecule has 0 spiro atoms. The number of amides is 1. The SMILES string of the molecule is CCOc1ccc(OCC(=O)NCCc2cccc3cccnc23)cc1. The maximum atomic E-state index is 12.0. The minimum Gasteiger partial charge on any atom is -0.494 e. The number of carbonyl (C=O) groups is 1. The fourth-order valence-electron chi connectivity index (χ4n) is 2.70. The van der Waals surface area contributed by atoms with E-state index in [0.717, 1.165) is 28.6 Å². The summed E-state index contributed by atoms with van der Waals surface area (Å²) in [6.45, 7) is 3.08. The predicted octanol–water partition coefficient (Wildman–Crippen LogP) is 3.37. The van der Waals surface area contributed by atoms with Gasteiger partial charge in [-0.05, 0) is 49.2 Å². The molecule has 1 N–H and O–H groups in total. The van der Waals surface area contributed by atoms with Crippen molar-refractivity contribution in [2.24, 2.45) is 0 Å². The molecule has 3 aromatic rings. The lowest BCUT2D eigenvalue weighted by Gasteiger charge is -2.09. The number of aromatic nitrogens is 1. The second-order valence-electron chi connectivity index (χ2n) is 5.79. The predicted molar refractivity (Wildman–Crippen MR) is 102 cm³/mol. The number of nitrogens with zero attached hydrogens (tertiary/aromatic N) is 1. The molecule has 5 nitrogen and oxygen atoms in total. The first-order valence-electron chi connectivity index (χ1n) is 8.71. The van der Waals surface area contributed by atoms with E-state index in [1.165, 1.54) is 0 Å². The zero-order chi connectivity index (χ0) is 18.2. The van der Waals surface area contributed by atoms with Crippen LogP contribution in [0.1, 0.15) is 12.5 Å². The molecule has 0 saturated heterocycles. The molecule has 1 amide bonds. The molecule has 0 aliphatic carbocycles. The summed E-state index contributed by atoms with van der Waals surface area (Å²) in [6.07, 6.45) is 2.51. The average molecular weight is 350 g/mol. The molecule has 2 aromatic carbocycles. The first kappa shape index (κ1) is 17.7. The second-order valence-corrected chi connectivity index (χ2v) is 5.79. The van der Waals surface area contributed by atoms with Crippen LogP contribution in [0, 0.1) is 0 Å². The van der Waals surface area contributed by atoms with Gasteiger partial charge in [0.2, 0.25) is 0 Å². The summed E-state index contributed by atoms with van der Waals surface area (Å²) in [7, 11) is 0. The average Bonchev–Trinajstić information content (AvgIpc) is 2.68. The van der Waals surface area contributed by atoms with Crippen LogP contribution in [0.15, 0.2) is 60.8 Å². The third-order valence-corrected chi connectivity index (χ3v) is 3.94. The lowest BCUT2D eigenvalue weighted by molar-refractivity contribution is -0.123. The molecule has 134 valence electrons. The summed E-state index contributed by atoms with van der Waals surface area (Å²) in [4.78, 5) is 16.4. The van der Waals surface area contributed by atoms with E-state index >= 15 is 0 Å². The van der Waals surface area contributed by atoms with Crippen molar-refractivity contribution in [1.82, 2.24) is 10.3 Å². The molecule has 1 heterocycles. The van der Waals surface area contributed by atoms with Crippen LogP contribution >= 0.6 is 0 Å². The van der Waals surface area contributed by atoms with Gasteiger partial charge in [0.25, 0.3) is 5.91 Å². The molecule has 0 radical (unpaired) electrons. The van der Waals surface area contributed by atoms with Gasteiger partial charge in [0.15, 0.2) is 6.61 Å². The minimum atomic E-state index is -0.146. The lowest BCUT2D eigenvalue weighted by Crippen LogP contribution is -2.30. The van der Waals surface area contributed by atoms with Crippen molar-refractivity contribution in [2.45, 2.75) is 13.3 Å². The maximum absolute atomic E-state index is 12.0. The van der Waals surface area contributed by atoms with E-state index in [9.17, 15) is 4.79 Å². The first-order chi connectivity index (χ1) is 12.8. The summed E-state index contributed by atoms with van der Waals surface area (Å²) in [5.74, 6) is 1.28. The Morgan fingerprint density at radius 3 is 2.50 bits per heavy atom. The molecular weight excluding hydrogens is 328 g/mol. The highest BCUT2D eigenvalue weighted by Gasteiger charge is 2.05. The van der Waals surface area contributed by atoms with Crippen LogP contribution in [0.25, 0.3) is 10.9 Å². The Hall–Kier alpha value is -3.08. The van der Waals surface area contributed by atoms with Gasteiger partial charge in [0, 0.05) is 18.1 Å². The number of pyridine rings is 1. The lowest BCUT2D eigenvalue weighted by atomic mass is 10.1. The Bertz CT molecular complexity index is 857. The molecule has 0 bridgehead atoms. The van der Waals surface area contributed by atoms with Crippen molar-refractivity contribution >= 4 is 16.8 Å². The third kappa shape index (κ3) is 4.72. The third-order valence-electron chi connectivity index (χ3n) is 3.94. The summed E-state index contributed by atoms with van der Waals surface area (Å²) in [5.41, 5.74) is 2.10. The number of ether oxygens (including phenoxy) is 2. The van der Waals surface area contributed by atoms with E-state index in [-0.39, 0.29) is 12.5 Å². The fourth-order valence-corrected chi connectivity index (χ4v) is 2.70. The van der Waals surface area contributed by atoms with Crippen molar-refractivity contribution in [3.63, 3.8) is 0 Å². The number of rotatable bonds is 8. The highest BCUT2D eigenvalue weighted by atomic mass is 16.5. The van der Waals surface area contributed by atoms with Crippen LogP contribution in [0.2, 0.25) is 0 Å². The standard InChI is InChI=1S/C21H22N2O3/c1-2-25-18-8-10-19(11-9-18)26-15-20(24)22-14-12-17-6-3-5-16-7-4-13-23-21(16)17/h3-11,13H,2,12,14-15H2,1H3,(H,22,24). The second kappa shape index (κ2) is 8.85. The zero-order valence-corrected chi connectivity index (χ0v) is 14.8. The molecule has 0 saturated carbocycles. The minimum absolute atomic E-state index is 0.0121. The molecule has 26 heavy (non-hydrogen) atoms. The van der Waals surface area contributed by atoms with E-state index in [0.29, 0.717) is 18.9 Å². The van der Waals surface area contributed by atoms with E-state index in [2.05, 4.69) is 10.3 Å². The van der Waals surface area contributed by atoms with Gasteiger partial charge in [0.1, 0.15) is 11.5 Å². The van der Waals surface area contributed by atoms with Crippen molar-refractivity contribution in [3.8, 4) is 11.5 Å². The Morgan fingerprint density at radius 1 is 1.00 bits per heavy atom. The molecule has 0 atom stereocenters.